The maximum atomic E-state index is 13.1. The first-order valence-electron chi connectivity index (χ1n) is 9.82. The molecule has 2 aliphatic rings. The van der Waals surface area contributed by atoms with E-state index in [4.69, 9.17) is 10.7 Å². The van der Waals surface area contributed by atoms with Crippen LogP contribution in [-0.4, -0.2) is 41.9 Å². The number of hydrogen-bond donors (Lipinski definition) is 3. The molecule has 1 unspecified atom stereocenters. The van der Waals surface area contributed by atoms with E-state index in [2.05, 4.69) is 15.6 Å². The van der Waals surface area contributed by atoms with Crippen LogP contribution in [0.25, 0.3) is 0 Å². The first kappa shape index (κ1) is 20.8. The number of nitrogens with one attached hydrogen (secondary N) is 3. The van der Waals surface area contributed by atoms with Gasteiger partial charge >= 0.3 is 0 Å². The van der Waals surface area contributed by atoms with Gasteiger partial charge in [0.2, 0.25) is 16.0 Å². The molecule has 1 aromatic heterocycles. The molecule has 2 aromatic rings. The van der Waals surface area contributed by atoms with Crippen LogP contribution >= 0.6 is 0 Å². The second-order valence-electron chi connectivity index (χ2n) is 7.94. The molecule has 9 nitrogen and oxygen atoms in total. The van der Waals surface area contributed by atoms with Gasteiger partial charge in [0, 0.05) is 18.9 Å². The second-order valence-corrected chi connectivity index (χ2v) is 10.1. The summed E-state index contributed by atoms with van der Waals surface area (Å²) in [5.41, 5.74) is 1.77. The third-order valence-corrected chi connectivity index (χ3v) is 8.42. The van der Waals surface area contributed by atoms with Crippen molar-refractivity contribution in [2.75, 3.05) is 12.4 Å². The Hall–Kier alpha value is -3.45. The molecule has 1 saturated heterocycles. The summed E-state index contributed by atoms with van der Waals surface area (Å²) in [5, 5.41) is 22.2. The van der Waals surface area contributed by atoms with Crippen LogP contribution in [0.3, 0.4) is 0 Å². The first-order chi connectivity index (χ1) is 14.7. The van der Waals surface area contributed by atoms with E-state index in [0.717, 1.165) is 15.4 Å². The predicted octanol–water partition coefficient (Wildman–Crippen LogP) is 1.93. The third kappa shape index (κ3) is 3.41. The van der Waals surface area contributed by atoms with Crippen LogP contribution in [0.15, 0.2) is 36.5 Å². The number of sulfonamides is 1. The zero-order valence-electron chi connectivity index (χ0n) is 17.1. The van der Waals surface area contributed by atoms with E-state index < -0.39 is 26.7 Å². The Labute approximate surface area is 180 Å². The van der Waals surface area contributed by atoms with Gasteiger partial charge in [0.15, 0.2) is 0 Å². The number of aryl methyl sites for hydroxylation is 1. The van der Waals surface area contributed by atoms with Gasteiger partial charge in [0.05, 0.1) is 11.1 Å². The molecule has 2 atom stereocenters. The summed E-state index contributed by atoms with van der Waals surface area (Å²) in [6.07, 6.45) is 3.21. The molecule has 1 amide bonds. The predicted molar refractivity (Wildman–Crippen MR) is 115 cm³/mol. The number of aromatic nitrogens is 1. The fourth-order valence-electron chi connectivity index (χ4n) is 4.32. The fourth-order valence-corrected chi connectivity index (χ4v) is 6.25. The van der Waals surface area contributed by atoms with Crippen molar-refractivity contribution in [3.63, 3.8) is 0 Å². The summed E-state index contributed by atoms with van der Waals surface area (Å²) in [7, 11) is -2.31. The van der Waals surface area contributed by atoms with Gasteiger partial charge in [-0.3, -0.25) is 10.2 Å². The van der Waals surface area contributed by atoms with Gasteiger partial charge < -0.3 is 10.6 Å². The lowest BCUT2D eigenvalue weighted by Gasteiger charge is -2.46. The maximum absolute atomic E-state index is 13.1. The largest absolute Gasteiger partial charge is 0.345 e. The number of guanidine groups is 1. The van der Waals surface area contributed by atoms with E-state index in [1.807, 2.05) is 12.1 Å². The second kappa shape index (κ2) is 7.35. The Balaban J connectivity index is 1.71. The summed E-state index contributed by atoms with van der Waals surface area (Å²) < 4.78 is 27.1. The number of pyridine rings is 1. The highest BCUT2D eigenvalue weighted by molar-refractivity contribution is 7.90. The molecule has 1 aromatic carbocycles. The molecule has 31 heavy (non-hydrogen) atoms. The third-order valence-electron chi connectivity index (χ3n) is 6.04. The van der Waals surface area contributed by atoms with Crippen LogP contribution in [0.4, 0.5) is 5.69 Å². The number of fused-ring (bicyclic) bond motifs is 3. The minimum Gasteiger partial charge on any atom is -0.345 e. The van der Waals surface area contributed by atoms with Crippen molar-refractivity contribution in [3.8, 4) is 6.07 Å². The van der Waals surface area contributed by atoms with Crippen molar-refractivity contribution in [1.82, 2.24) is 14.6 Å². The molecule has 10 heteroatoms. The number of rotatable bonds is 2. The van der Waals surface area contributed by atoms with Gasteiger partial charge in [0.25, 0.3) is 5.91 Å². The van der Waals surface area contributed by atoms with Crippen LogP contribution in [0, 0.1) is 16.7 Å². The summed E-state index contributed by atoms with van der Waals surface area (Å²) in [6, 6.07) is 10.4. The Bertz CT molecular complexity index is 1220. The molecule has 0 radical (unpaired) electrons. The zero-order chi connectivity index (χ0) is 22.4. The van der Waals surface area contributed by atoms with Gasteiger partial charge in [0.1, 0.15) is 17.0 Å². The van der Waals surface area contributed by atoms with Crippen molar-refractivity contribution in [2.24, 2.45) is 0 Å². The Morgan fingerprint density at radius 2 is 2.16 bits per heavy atom. The molecular formula is C21H22N6O3S. The van der Waals surface area contributed by atoms with Gasteiger partial charge in [-0.25, -0.2) is 17.7 Å². The van der Waals surface area contributed by atoms with E-state index in [1.54, 1.807) is 19.1 Å². The molecule has 0 spiro atoms. The molecule has 4 rings (SSSR count). The molecule has 2 heterocycles. The van der Waals surface area contributed by atoms with Gasteiger partial charge in [-0.2, -0.15) is 5.26 Å². The Kier molecular flexibility index (Phi) is 4.94. The SMILES string of the molecule is CN1C(=N)N[C@]2(C)c3cc(NC(=O)c4ccc(C#N)cn4)ccc3CCCC2S1(=O)=O. The van der Waals surface area contributed by atoms with Crippen LogP contribution in [0.5, 0.6) is 0 Å². The molecule has 0 saturated carbocycles. The highest BCUT2D eigenvalue weighted by Crippen LogP contribution is 2.42. The number of carbonyl (C=O) groups excluding carboxylic acids is 1. The van der Waals surface area contributed by atoms with Crippen LogP contribution < -0.4 is 10.6 Å². The number of hydrogen-bond acceptors (Lipinski definition) is 6. The van der Waals surface area contributed by atoms with Crippen molar-refractivity contribution in [3.05, 3.63) is 58.9 Å². The summed E-state index contributed by atoms with van der Waals surface area (Å²) >= 11 is 0. The molecular weight excluding hydrogens is 416 g/mol. The summed E-state index contributed by atoms with van der Waals surface area (Å²) in [5.74, 6) is -0.612. The van der Waals surface area contributed by atoms with Crippen molar-refractivity contribution in [1.29, 1.82) is 10.7 Å². The normalized spacial score (nSPS) is 24.1. The van der Waals surface area contributed by atoms with Crippen molar-refractivity contribution >= 4 is 27.6 Å². The van der Waals surface area contributed by atoms with Gasteiger partial charge in [-0.15, -0.1) is 0 Å². The molecule has 1 fully saturated rings. The van der Waals surface area contributed by atoms with Crippen LogP contribution in [0.2, 0.25) is 0 Å². The lowest BCUT2D eigenvalue weighted by Crippen LogP contribution is -2.65. The van der Waals surface area contributed by atoms with Gasteiger partial charge in [-0.1, -0.05) is 6.07 Å². The number of benzene rings is 1. The zero-order valence-corrected chi connectivity index (χ0v) is 18.0. The molecule has 1 aliphatic carbocycles. The Morgan fingerprint density at radius 1 is 1.39 bits per heavy atom. The van der Waals surface area contributed by atoms with E-state index in [0.29, 0.717) is 30.5 Å². The lowest BCUT2D eigenvalue weighted by atomic mass is 9.85. The highest BCUT2D eigenvalue weighted by Gasteiger charge is 2.52. The molecule has 160 valence electrons. The topological polar surface area (TPSA) is 139 Å². The number of anilines is 1. The van der Waals surface area contributed by atoms with E-state index >= 15 is 0 Å². The van der Waals surface area contributed by atoms with E-state index in [1.165, 1.54) is 25.4 Å². The van der Waals surface area contributed by atoms with Crippen molar-refractivity contribution in [2.45, 2.75) is 37.0 Å². The number of carbonyl (C=O) groups is 1. The minimum atomic E-state index is -3.70. The fraction of sp³-hybridized carbons (Fsp3) is 0.333. The average Bonchev–Trinajstić information content (AvgIpc) is 2.89. The smallest absolute Gasteiger partial charge is 0.274 e. The van der Waals surface area contributed by atoms with Gasteiger partial charge in [-0.05, 0) is 61.6 Å². The average molecular weight is 439 g/mol. The lowest BCUT2D eigenvalue weighted by molar-refractivity contribution is 0.102. The highest BCUT2D eigenvalue weighted by atomic mass is 32.2. The number of nitriles is 1. The van der Waals surface area contributed by atoms with E-state index in [9.17, 15) is 13.2 Å². The van der Waals surface area contributed by atoms with Crippen LogP contribution in [-0.2, 0) is 22.0 Å². The quantitative estimate of drug-likeness (QED) is 0.655. The number of nitrogens with zero attached hydrogens (tertiary/aromatic N) is 3. The standard InChI is InChI=1S/C21H22N6O3S/c1-21-16-10-15(25-19(28)17-9-6-13(11-22)12-24-17)8-7-14(16)4-3-5-18(21)31(29,30)27(2)20(23)26-21/h6-10,12,18H,3-5H2,1-2H3,(H2,23,26)(H,25,28)/t18?,21-/m1/s1. The first-order valence-corrected chi connectivity index (χ1v) is 11.3. The monoisotopic (exact) mass is 438 g/mol. The molecule has 0 bridgehead atoms. The van der Waals surface area contributed by atoms with Crippen molar-refractivity contribution < 1.29 is 13.2 Å². The number of amides is 1. The van der Waals surface area contributed by atoms with Crippen LogP contribution in [0.1, 0.15) is 46.9 Å². The summed E-state index contributed by atoms with van der Waals surface area (Å²) in [4.78, 5) is 16.6. The Morgan fingerprint density at radius 3 is 2.84 bits per heavy atom. The molecule has 3 N–H and O–H groups in total. The summed E-state index contributed by atoms with van der Waals surface area (Å²) in [6.45, 7) is 1.80. The van der Waals surface area contributed by atoms with E-state index in [-0.39, 0.29) is 11.7 Å². The minimum absolute atomic E-state index is 0.166. The molecule has 1 aliphatic heterocycles. The maximum Gasteiger partial charge on any atom is 0.274 e.